The van der Waals surface area contributed by atoms with E-state index in [1.54, 1.807) is 28.4 Å². The minimum atomic E-state index is -0.978. The number of ether oxygens (including phenoxy) is 1. The van der Waals surface area contributed by atoms with Crippen molar-refractivity contribution in [2.24, 2.45) is 5.41 Å². The number of hydrogen-bond donors (Lipinski definition) is 3. The molecule has 4 heterocycles. The first kappa shape index (κ1) is 37.7. The predicted molar refractivity (Wildman–Crippen MR) is 195 cm³/mol. The van der Waals surface area contributed by atoms with Crippen LogP contribution in [-0.2, 0) is 20.9 Å². The standard InChI is InChI=1S/C37H49N7O6S/c1-23-30(51-22-40-23)25-10-8-24(9-11-25)19-39-33(47)28-18-27(45)21-44(28)34(48)31(36(2,3)4)41-32(46)26-12-13-29(38-20-26)42-14-16-43(17-15-42)35(49)50-37(5,6)7/h8-13,20,22,27-28,31,45H,14-19,21H2,1-7H3,(H,39,47)(H,41,46)/t27-,28+,31-/m1/s1. The summed E-state index contributed by atoms with van der Waals surface area (Å²) in [5.41, 5.74) is 3.74. The maximum absolute atomic E-state index is 14.0. The average Bonchev–Trinajstić information content (AvgIpc) is 3.70. The number of benzene rings is 1. The van der Waals surface area contributed by atoms with E-state index < -0.39 is 41.0 Å². The summed E-state index contributed by atoms with van der Waals surface area (Å²) in [6.07, 6.45) is 0.356. The van der Waals surface area contributed by atoms with Crippen LogP contribution in [0.15, 0.2) is 48.1 Å². The van der Waals surface area contributed by atoms with Crippen molar-refractivity contribution in [3.05, 3.63) is 64.9 Å². The number of nitrogens with one attached hydrogen (secondary N) is 2. The van der Waals surface area contributed by atoms with Crippen molar-refractivity contribution in [2.75, 3.05) is 37.6 Å². The number of aliphatic hydroxyl groups excluding tert-OH is 1. The van der Waals surface area contributed by atoms with Crippen molar-refractivity contribution in [1.82, 2.24) is 30.4 Å². The number of nitrogens with zero attached hydrogens (tertiary/aromatic N) is 5. The van der Waals surface area contributed by atoms with E-state index in [1.165, 1.54) is 11.1 Å². The van der Waals surface area contributed by atoms with Crippen LogP contribution in [0, 0.1) is 12.3 Å². The fourth-order valence-electron chi connectivity index (χ4n) is 6.15. The summed E-state index contributed by atoms with van der Waals surface area (Å²) in [4.78, 5) is 68.3. The summed E-state index contributed by atoms with van der Waals surface area (Å²) in [6, 6.07) is 9.41. The summed E-state index contributed by atoms with van der Waals surface area (Å²) in [5, 5.41) is 16.4. The second-order valence-corrected chi connectivity index (χ2v) is 16.1. The summed E-state index contributed by atoms with van der Waals surface area (Å²) < 4.78 is 5.48. The van der Waals surface area contributed by atoms with Gasteiger partial charge in [0.1, 0.15) is 23.5 Å². The number of anilines is 1. The molecule has 274 valence electrons. The van der Waals surface area contributed by atoms with Crippen molar-refractivity contribution >= 4 is 41.0 Å². The van der Waals surface area contributed by atoms with E-state index in [1.807, 2.05) is 83.1 Å². The number of β-amino-alcohol motifs (C(OH)–C–C–N with tert-alkyl or cyclic N) is 1. The zero-order valence-electron chi connectivity index (χ0n) is 30.4. The minimum absolute atomic E-state index is 0.0142. The number of carbonyl (C=O) groups is 4. The number of aliphatic hydroxyl groups is 1. The first-order valence-corrected chi connectivity index (χ1v) is 18.1. The lowest BCUT2D eigenvalue weighted by atomic mass is 9.85. The van der Waals surface area contributed by atoms with E-state index in [9.17, 15) is 24.3 Å². The average molecular weight is 720 g/mol. The monoisotopic (exact) mass is 719 g/mol. The quantitative estimate of drug-likeness (QED) is 0.313. The molecule has 13 nitrogen and oxygen atoms in total. The van der Waals surface area contributed by atoms with Crippen molar-refractivity contribution in [3.63, 3.8) is 0 Å². The molecular weight excluding hydrogens is 671 g/mol. The van der Waals surface area contributed by atoms with Gasteiger partial charge in [0.05, 0.1) is 27.7 Å². The van der Waals surface area contributed by atoms with Crippen LogP contribution in [0.25, 0.3) is 10.4 Å². The van der Waals surface area contributed by atoms with Gasteiger partial charge in [0.15, 0.2) is 0 Å². The molecule has 0 radical (unpaired) electrons. The fourth-order valence-corrected chi connectivity index (χ4v) is 6.96. The third kappa shape index (κ3) is 9.41. The van der Waals surface area contributed by atoms with Gasteiger partial charge in [-0.25, -0.2) is 14.8 Å². The van der Waals surface area contributed by atoms with Crippen LogP contribution >= 0.6 is 11.3 Å². The van der Waals surface area contributed by atoms with Gasteiger partial charge in [-0.2, -0.15) is 0 Å². The van der Waals surface area contributed by atoms with Crippen LogP contribution in [0.1, 0.15) is 69.6 Å². The normalized spacial score (nSPS) is 18.7. The number of thiazole rings is 1. The Morgan fingerprint density at radius 2 is 1.67 bits per heavy atom. The maximum Gasteiger partial charge on any atom is 0.410 e. The molecule has 14 heteroatoms. The molecule has 2 fully saturated rings. The SMILES string of the molecule is Cc1ncsc1-c1ccc(CNC(=O)[C@@H]2C[C@@H](O)CN2C(=O)[C@@H](NC(=O)c2ccc(N3CCN(C(=O)OC(C)(C)C)CC3)nc2)C(C)(C)C)cc1. The molecule has 2 aliphatic heterocycles. The number of amides is 4. The number of pyridine rings is 1. The summed E-state index contributed by atoms with van der Waals surface area (Å²) in [7, 11) is 0. The van der Waals surface area contributed by atoms with Crippen molar-refractivity contribution in [1.29, 1.82) is 0 Å². The van der Waals surface area contributed by atoms with E-state index in [0.717, 1.165) is 21.7 Å². The lowest BCUT2D eigenvalue weighted by Gasteiger charge is -2.36. The molecule has 2 aliphatic rings. The number of aromatic nitrogens is 2. The fraction of sp³-hybridized carbons (Fsp3) is 0.514. The van der Waals surface area contributed by atoms with Crippen LogP contribution in [-0.4, -0.2) is 105 Å². The largest absolute Gasteiger partial charge is 0.444 e. The Kier molecular flexibility index (Phi) is 11.3. The Balaban J connectivity index is 1.19. The van der Waals surface area contributed by atoms with Gasteiger partial charge in [-0.15, -0.1) is 11.3 Å². The van der Waals surface area contributed by atoms with Gasteiger partial charge >= 0.3 is 6.09 Å². The van der Waals surface area contributed by atoms with Gasteiger partial charge in [0.25, 0.3) is 5.91 Å². The van der Waals surface area contributed by atoms with Gasteiger partial charge in [-0.05, 0) is 56.4 Å². The maximum atomic E-state index is 14.0. The van der Waals surface area contributed by atoms with Crippen LogP contribution in [0.4, 0.5) is 10.6 Å². The third-order valence-electron chi connectivity index (χ3n) is 8.95. The number of rotatable bonds is 8. The van der Waals surface area contributed by atoms with Gasteiger partial charge < -0.3 is 35.2 Å². The van der Waals surface area contributed by atoms with E-state index in [4.69, 9.17) is 4.74 Å². The molecular formula is C37H49N7O6S. The van der Waals surface area contributed by atoms with E-state index >= 15 is 0 Å². The first-order valence-electron chi connectivity index (χ1n) is 17.3. The van der Waals surface area contributed by atoms with Gasteiger partial charge in [-0.1, -0.05) is 45.0 Å². The van der Waals surface area contributed by atoms with Crippen molar-refractivity contribution in [2.45, 2.75) is 85.2 Å². The molecule has 0 unspecified atom stereocenters. The molecule has 0 saturated carbocycles. The molecule has 0 spiro atoms. The highest BCUT2D eigenvalue weighted by molar-refractivity contribution is 7.13. The number of carbonyl (C=O) groups excluding carboxylic acids is 4. The molecule has 4 amide bonds. The predicted octanol–water partition coefficient (Wildman–Crippen LogP) is 3.99. The second-order valence-electron chi connectivity index (χ2n) is 15.2. The third-order valence-corrected chi connectivity index (χ3v) is 9.92. The molecule has 1 aromatic carbocycles. The van der Waals surface area contributed by atoms with Crippen molar-refractivity contribution < 1.29 is 29.0 Å². The number of aryl methyl sites for hydroxylation is 1. The molecule has 3 N–H and O–H groups in total. The molecule has 2 saturated heterocycles. The number of piperazine rings is 1. The number of hydrogen-bond acceptors (Lipinski definition) is 10. The van der Waals surface area contributed by atoms with E-state index in [0.29, 0.717) is 32.0 Å². The Morgan fingerprint density at radius 1 is 0.980 bits per heavy atom. The zero-order valence-corrected chi connectivity index (χ0v) is 31.2. The van der Waals surface area contributed by atoms with Gasteiger partial charge in [-0.3, -0.25) is 14.4 Å². The molecule has 51 heavy (non-hydrogen) atoms. The van der Waals surface area contributed by atoms with E-state index in [2.05, 4.69) is 20.6 Å². The highest BCUT2D eigenvalue weighted by atomic mass is 32.1. The minimum Gasteiger partial charge on any atom is -0.444 e. The Bertz CT molecular complexity index is 1710. The Hall–Kier alpha value is -4.56. The highest BCUT2D eigenvalue weighted by Crippen LogP contribution is 2.29. The molecule has 0 bridgehead atoms. The smallest absolute Gasteiger partial charge is 0.410 e. The molecule has 0 aliphatic carbocycles. The van der Waals surface area contributed by atoms with Gasteiger partial charge in [0.2, 0.25) is 11.8 Å². The van der Waals surface area contributed by atoms with Crippen LogP contribution < -0.4 is 15.5 Å². The topological polar surface area (TPSA) is 157 Å². The lowest BCUT2D eigenvalue weighted by molar-refractivity contribution is -0.142. The summed E-state index contributed by atoms with van der Waals surface area (Å²) in [5.74, 6) is -0.614. The van der Waals surface area contributed by atoms with Gasteiger partial charge in [0, 0.05) is 51.9 Å². The second kappa shape index (κ2) is 15.4. The molecule has 5 rings (SSSR count). The molecule has 3 atom stereocenters. The number of likely N-dealkylation sites (tertiary alicyclic amines) is 1. The van der Waals surface area contributed by atoms with Crippen molar-refractivity contribution in [3.8, 4) is 10.4 Å². The summed E-state index contributed by atoms with van der Waals surface area (Å²) in [6.45, 7) is 15.3. The molecule has 3 aromatic rings. The zero-order chi connectivity index (χ0) is 37.1. The first-order chi connectivity index (χ1) is 24.0. The summed E-state index contributed by atoms with van der Waals surface area (Å²) >= 11 is 1.57. The highest BCUT2D eigenvalue weighted by Gasteiger charge is 2.44. The molecule has 2 aromatic heterocycles. The van der Waals surface area contributed by atoms with Crippen LogP contribution in [0.2, 0.25) is 0 Å². The lowest BCUT2D eigenvalue weighted by Crippen LogP contribution is -2.57. The Morgan fingerprint density at radius 3 is 2.24 bits per heavy atom. The Labute approximate surface area is 303 Å². The van der Waals surface area contributed by atoms with E-state index in [-0.39, 0.29) is 37.1 Å². The van der Waals surface area contributed by atoms with Crippen LogP contribution in [0.3, 0.4) is 0 Å². The van der Waals surface area contributed by atoms with Crippen LogP contribution in [0.5, 0.6) is 0 Å².